The molecule has 0 bridgehead atoms. The smallest absolute Gasteiger partial charge is 0.156 e. The number of nitrogens with one attached hydrogen (secondary N) is 1. The first-order valence-electron chi connectivity index (χ1n) is 4.63. The van der Waals surface area contributed by atoms with Crippen molar-refractivity contribution in [2.45, 2.75) is 0 Å². The van der Waals surface area contributed by atoms with Crippen molar-refractivity contribution in [1.29, 1.82) is 5.41 Å². The van der Waals surface area contributed by atoms with Crippen LogP contribution < -0.4 is 5.36 Å². The molecule has 2 aromatic rings. The Bertz CT molecular complexity index is 625. The Hall–Kier alpha value is -2.36. The highest BCUT2D eigenvalue weighted by Gasteiger charge is 2.06. The first-order chi connectivity index (χ1) is 7.76. The number of aliphatic hydroxyl groups excluding tert-OH is 1. The molecule has 4 nitrogen and oxygen atoms in total. The molecule has 4 heteroatoms. The summed E-state index contributed by atoms with van der Waals surface area (Å²) < 4.78 is 5.41. The molecule has 0 atom stereocenters. The third kappa shape index (κ3) is 1.61. The molecule has 1 aromatic carbocycles. The summed E-state index contributed by atoms with van der Waals surface area (Å²) in [5.41, 5.74) is 0.519. The van der Waals surface area contributed by atoms with E-state index in [1.807, 2.05) is 0 Å². The highest BCUT2D eigenvalue weighted by molar-refractivity contribution is 6.05. The molecular weight excluding hydrogens is 206 g/mol. The molecular formula is C12H9NO3. The minimum atomic E-state index is 0.0132. The zero-order valence-corrected chi connectivity index (χ0v) is 8.31. The number of carbonyl (C=O) groups excluding carboxylic acids is 1. The van der Waals surface area contributed by atoms with Crippen molar-refractivity contribution >= 4 is 22.8 Å². The van der Waals surface area contributed by atoms with E-state index in [1.165, 1.54) is 6.07 Å². The summed E-state index contributed by atoms with van der Waals surface area (Å²) in [7, 11) is 0. The molecule has 1 heterocycles. The Kier molecular flexibility index (Phi) is 2.55. The van der Waals surface area contributed by atoms with Gasteiger partial charge in [0.1, 0.15) is 11.3 Å². The number of hydrogen-bond donors (Lipinski definition) is 2. The van der Waals surface area contributed by atoms with Crippen LogP contribution in [0.25, 0.3) is 16.5 Å². The Morgan fingerprint density at radius 2 is 2.12 bits per heavy atom. The van der Waals surface area contributed by atoms with Gasteiger partial charge in [0, 0.05) is 11.5 Å². The first kappa shape index (κ1) is 10.2. The lowest BCUT2D eigenvalue weighted by Crippen LogP contribution is -2.02. The number of hydrogen-bond acceptors (Lipinski definition) is 4. The van der Waals surface area contributed by atoms with Crippen LogP contribution in [0.15, 0.2) is 41.0 Å². The van der Waals surface area contributed by atoms with Crippen molar-refractivity contribution in [1.82, 2.24) is 0 Å². The molecule has 0 aliphatic heterocycles. The Morgan fingerprint density at radius 1 is 1.38 bits per heavy atom. The van der Waals surface area contributed by atoms with Gasteiger partial charge in [-0.05, 0) is 12.1 Å². The summed E-state index contributed by atoms with van der Waals surface area (Å²) >= 11 is 0. The molecule has 0 aliphatic rings. The first-order valence-corrected chi connectivity index (χ1v) is 4.63. The van der Waals surface area contributed by atoms with Crippen LogP contribution in [0.2, 0.25) is 0 Å². The summed E-state index contributed by atoms with van der Waals surface area (Å²) in [5.74, 6) is 0.182. The molecule has 80 valence electrons. The second kappa shape index (κ2) is 4.02. The summed E-state index contributed by atoms with van der Waals surface area (Å²) in [6.45, 7) is 0. The summed E-state index contributed by atoms with van der Waals surface area (Å²) in [5, 5.41) is 17.5. The largest absolute Gasteiger partial charge is 0.515 e. The van der Waals surface area contributed by atoms with Gasteiger partial charge in [-0.1, -0.05) is 12.1 Å². The molecule has 1 aromatic heterocycles. The van der Waals surface area contributed by atoms with Crippen molar-refractivity contribution < 1.29 is 14.3 Å². The third-order valence-electron chi connectivity index (χ3n) is 2.22. The lowest BCUT2D eigenvalue weighted by Gasteiger charge is -2.01. The maximum absolute atomic E-state index is 10.6. The number of para-hydroxylation sites is 1. The Balaban J connectivity index is 2.76. The highest BCUT2D eigenvalue weighted by atomic mass is 16.3. The molecule has 2 rings (SSSR count). The molecule has 0 unspecified atom stereocenters. The number of fused-ring (bicyclic) bond motifs is 1. The molecule has 0 spiro atoms. The average molecular weight is 215 g/mol. The van der Waals surface area contributed by atoms with E-state index < -0.39 is 0 Å². The quantitative estimate of drug-likeness (QED) is 0.457. The van der Waals surface area contributed by atoms with Crippen LogP contribution >= 0.6 is 0 Å². The maximum Gasteiger partial charge on any atom is 0.156 e. The van der Waals surface area contributed by atoms with E-state index in [4.69, 9.17) is 14.9 Å². The number of aldehydes is 1. The number of benzene rings is 1. The fourth-order valence-electron chi connectivity index (χ4n) is 1.43. The van der Waals surface area contributed by atoms with Crippen molar-refractivity contribution in [2.75, 3.05) is 0 Å². The van der Waals surface area contributed by atoms with Gasteiger partial charge in [0.05, 0.1) is 17.2 Å². The van der Waals surface area contributed by atoms with E-state index in [1.54, 1.807) is 24.3 Å². The molecule has 0 aliphatic carbocycles. The van der Waals surface area contributed by atoms with Gasteiger partial charge in [-0.15, -0.1) is 0 Å². The van der Waals surface area contributed by atoms with E-state index in [0.717, 1.165) is 0 Å². The van der Waals surface area contributed by atoms with Gasteiger partial charge >= 0.3 is 0 Å². The molecule has 16 heavy (non-hydrogen) atoms. The van der Waals surface area contributed by atoms with Crippen LogP contribution in [0.5, 0.6) is 0 Å². The van der Waals surface area contributed by atoms with E-state index in [2.05, 4.69) is 0 Å². The lowest BCUT2D eigenvalue weighted by atomic mass is 10.1. The van der Waals surface area contributed by atoms with Gasteiger partial charge in [0.25, 0.3) is 0 Å². The predicted octanol–water partition coefficient (Wildman–Crippen LogP) is 2.01. The fraction of sp³-hybridized carbons (Fsp3) is 0. The Morgan fingerprint density at radius 3 is 2.81 bits per heavy atom. The van der Waals surface area contributed by atoms with Crippen LogP contribution in [0.4, 0.5) is 0 Å². The van der Waals surface area contributed by atoms with Crippen molar-refractivity contribution in [3.8, 4) is 0 Å². The van der Waals surface area contributed by atoms with Gasteiger partial charge in [-0.25, -0.2) is 0 Å². The third-order valence-corrected chi connectivity index (χ3v) is 2.22. The molecule has 2 N–H and O–H groups in total. The monoisotopic (exact) mass is 215 g/mol. The normalized spacial score (nSPS) is 11.6. The zero-order valence-electron chi connectivity index (χ0n) is 8.31. The summed E-state index contributed by atoms with van der Waals surface area (Å²) in [6.07, 6.45) is 1.15. The van der Waals surface area contributed by atoms with Crippen LogP contribution in [0.1, 0.15) is 5.76 Å². The van der Waals surface area contributed by atoms with Gasteiger partial charge in [-0.3, -0.25) is 10.2 Å². The number of rotatable bonds is 2. The second-order valence-corrected chi connectivity index (χ2v) is 3.22. The van der Waals surface area contributed by atoms with Crippen LogP contribution in [0.3, 0.4) is 0 Å². The minimum Gasteiger partial charge on any atom is -0.515 e. The molecule has 0 radical (unpaired) electrons. The van der Waals surface area contributed by atoms with Crippen molar-refractivity contribution in [3.63, 3.8) is 0 Å². The predicted molar refractivity (Wildman–Crippen MR) is 58.7 cm³/mol. The van der Waals surface area contributed by atoms with Crippen LogP contribution in [-0.4, -0.2) is 11.4 Å². The lowest BCUT2D eigenvalue weighted by molar-refractivity contribution is -0.103. The molecule has 0 fully saturated rings. The van der Waals surface area contributed by atoms with Gasteiger partial charge in [0.2, 0.25) is 0 Å². The minimum absolute atomic E-state index is 0.0132. The van der Waals surface area contributed by atoms with E-state index in [0.29, 0.717) is 23.5 Å². The van der Waals surface area contributed by atoms with Crippen molar-refractivity contribution in [2.24, 2.45) is 0 Å². The summed E-state index contributed by atoms with van der Waals surface area (Å²) in [4.78, 5) is 10.6. The maximum atomic E-state index is 10.6. The number of allylic oxidation sites excluding steroid dienone is 1. The Labute approximate surface area is 91.0 Å². The van der Waals surface area contributed by atoms with Crippen LogP contribution in [-0.2, 0) is 4.79 Å². The zero-order chi connectivity index (χ0) is 11.5. The van der Waals surface area contributed by atoms with Crippen LogP contribution in [0, 0.1) is 5.41 Å². The SMILES string of the molecule is N=c1cc(/C(C=O)=C/O)oc2ccccc12. The standard InChI is InChI=1S/C12H9NO3/c13-10-5-12(8(6-14)7-15)16-11-4-2-1-3-9(10)11/h1-7,13-14H/b8-6+,13-10?. The average Bonchev–Trinajstić information content (AvgIpc) is 2.31. The van der Waals surface area contributed by atoms with Crippen molar-refractivity contribution in [3.05, 3.63) is 47.7 Å². The van der Waals surface area contributed by atoms with Gasteiger partial charge in [0.15, 0.2) is 6.29 Å². The highest BCUT2D eigenvalue weighted by Crippen LogP contribution is 2.16. The van der Waals surface area contributed by atoms with E-state index >= 15 is 0 Å². The van der Waals surface area contributed by atoms with Gasteiger partial charge < -0.3 is 9.52 Å². The summed E-state index contributed by atoms with van der Waals surface area (Å²) in [6, 6.07) is 8.44. The molecule has 0 saturated carbocycles. The molecule has 0 saturated heterocycles. The van der Waals surface area contributed by atoms with Gasteiger partial charge in [-0.2, -0.15) is 0 Å². The fourth-order valence-corrected chi connectivity index (χ4v) is 1.43. The molecule has 0 amide bonds. The topological polar surface area (TPSA) is 74.3 Å². The second-order valence-electron chi connectivity index (χ2n) is 3.22. The van der Waals surface area contributed by atoms with E-state index in [9.17, 15) is 4.79 Å². The number of carbonyl (C=O) groups is 1. The number of aliphatic hydroxyl groups is 1. The van der Waals surface area contributed by atoms with E-state index in [-0.39, 0.29) is 16.7 Å².